The van der Waals surface area contributed by atoms with E-state index in [9.17, 15) is 0 Å². The fourth-order valence-electron chi connectivity index (χ4n) is 2.83. The summed E-state index contributed by atoms with van der Waals surface area (Å²) in [5, 5.41) is 6.69. The van der Waals surface area contributed by atoms with E-state index in [1.165, 1.54) is 5.56 Å². The highest BCUT2D eigenvalue weighted by atomic mass is 127. The summed E-state index contributed by atoms with van der Waals surface area (Å²) in [6, 6.07) is 14.5. The average Bonchev–Trinajstić information content (AvgIpc) is 3.34. The first-order chi connectivity index (χ1) is 12.8. The molecule has 0 aliphatic rings. The first kappa shape index (κ1) is 21.0. The Hall–Kier alpha value is -2.29. The molecule has 0 aliphatic heterocycles. The van der Waals surface area contributed by atoms with E-state index < -0.39 is 0 Å². The van der Waals surface area contributed by atoms with E-state index in [1.807, 2.05) is 30.6 Å². The highest BCUT2D eigenvalue weighted by molar-refractivity contribution is 14.0. The Morgan fingerprint density at radius 2 is 1.74 bits per heavy atom. The number of benzene rings is 1. The van der Waals surface area contributed by atoms with Crippen LogP contribution in [0.15, 0.2) is 72.2 Å². The van der Waals surface area contributed by atoms with Crippen LogP contribution in [0, 0.1) is 0 Å². The second kappa shape index (κ2) is 11.4. The van der Waals surface area contributed by atoms with Crippen molar-refractivity contribution in [3.05, 3.63) is 78.6 Å². The van der Waals surface area contributed by atoms with E-state index >= 15 is 0 Å². The molecule has 0 bridgehead atoms. The first-order valence-electron chi connectivity index (χ1n) is 8.94. The Kier molecular flexibility index (Phi) is 8.90. The number of nitrogens with zero attached hydrogens (tertiary/aromatic N) is 4. The molecular formula is C20H27IN6. The quantitative estimate of drug-likeness (QED) is 0.298. The van der Waals surface area contributed by atoms with Crippen molar-refractivity contribution in [3.63, 3.8) is 0 Å². The lowest BCUT2D eigenvalue weighted by atomic mass is 10.2. The third-order valence-corrected chi connectivity index (χ3v) is 4.19. The van der Waals surface area contributed by atoms with E-state index in [1.54, 1.807) is 7.05 Å². The van der Waals surface area contributed by atoms with Crippen LogP contribution in [-0.4, -0.2) is 40.2 Å². The number of imidazole rings is 1. The molecule has 3 rings (SSSR count). The van der Waals surface area contributed by atoms with Gasteiger partial charge in [-0.05, 0) is 17.7 Å². The van der Waals surface area contributed by atoms with Gasteiger partial charge in [-0.3, -0.25) is 4.99 Å². The molecule has 6 nitrogen and oxygen atoms in total. The molecule has 0 saturated heterocycles. The fraction of sp³-hybridized carbons (Fsp3) is 0.300. The summed E-state index contributed by atoms with van der Waals surface area (Å²) >= 11 is 0. The van der Waals surface area contributed by atoms with Crippen LogP contribution in [0.2, 0.25) is 0 Å². The van der Waals surface area contributed by atoms with Crippen molar-refractivity contribution in [2.24, 2.45) is 4.99 Å². The third kappa shape index (κ3) is 6.74. The lowest BCUT2D eigenvalue weighted by Crippen LogP contribution is -2.39. The van der Waals surface area contributed by atoms with E-state index in [4.69, 9.17) is 0 Å². The van der Waals surface area contributed by atoms with Gasteiger partial charge in [-0.1, -0.05) is 30.3 Å². The van der Waals surface area contributed by atoms with Gasteiger partial charge < -0.3 is 19.8 Å². The van der Waals surface area contributed by atoms with Crippen LogP contribution in [0.1, 0.15) is 11.4 Å². The number of hydrogen-bond acceptors (Lipinski definition) is 2. The van der Waals surface area contributed by atoms with Crippen LogP contribution >= 0.6 is 24.0 Å². The number of aromatic nitrogens is 3. The van der Waals surface area contributed by atoms with Crippen LogP contribution in [0.5, 0.6) is 0 Å². The molecular weight excluding hydrogens is 451 g/mol. The maximum Gasteiger partial charge on any atom is 0.191 e. The molecule has 27 heavy (non-hydrogen) atoms. The Balaban J connectivity index is 0.00000261. The monoisotopic (exact) mass is 478 g/mol. The molecule has 0 radical (unpaired) electrons. The van der Waals surface area contributed by atoms with Crippen molar-refractivity contribution in [2.75, 3.05) is 20.1 Å². The molecule has 144 valence electrons. The minimum absolute atomic E-state index is 0. The molecule has 2 N–H and O–H groups in total. The number of aliphatic imine (C=N–C) groups is 1. The molecule has 3 aromatic rings. The van der Waals surface area contributed by atoms with E-state index in [2.05, 4.69) is 66.4 Å². The second-order valence-electron chi connectivity index (χ2n) is 6.05. The fourth-order valence-corrected chi connectivity index (χ4v) is 2.83. The van der Waals surface area contributed by atoms with Gasteiger partial charge in [0.25, 0.3) is 0 Å². The van der Waals surface area contributed by atoms with Crippen molar-refractivity contribution in [3.8, 4) is 0 Å². The average molecular weight is 478 g/mol. The maximum absolute atomic E-state index is 4.49. The molecule has 0 spiro atoms. The Bertz CT molecular complexity index is 795. The number of hydrogen-bond donors (Lipinski definition) is 2. The van der Waals surface area contributed by atoms with Gasteiger partial charge in [-0.25, -0.2) is 4.98 Å². The minimum Gasteiger partial charge on any atom is -0.356 e. The van der Waals surface area contributed by atoms with Gasteiger partial charge in [0.2, 0.25) is 0 Å². The predicted molar refractivity (Wildman–Crippen MR) is 121 cm³/mol. The van der Waals surface area contributed by atoms with Crippen LogP contribution in [0.25, 0.3) is 0 Å². The Labute approximate surface area is 177 Å². The smallest absolute Gasteiger partial charge is 0.191 e. The summed E-state index contributed by atoms with van der Waals surface area (Å²) in [4.78, 5) is 8.76. The highest BCUT2D eigenvalue weighted by Crippen LogP contribution is 2.05. The predicted octanol–water partition coefficient (Wildman–Crippen LogP) is 2.76. The van der Waals surface area contributed by atoms with Crippen molar-refractivity contribution >= 4 is 29.9 Å². The highest BCUT2D eigenvalue weighted by Gasteiger charge is 2.04. The number of halogens is 1. The molecule has 0 atom stereocenters. The largest absolute Gasteiger partial charge is 0.356 e. The molecule has 0 aliphatic carbocycles. The number of nitrogens with one attached hydrogen (secondary N) is 2. The van der Waals surface area contributed by atoms with Crippen LogP contribution in [-0.2, 0) is 19.5 Å². The van der Waals surface area contributed by atoms with Gasteiger partial charge in [0.1, 0.15) is 5.82 Å². The van der Waals surface area contributed by atoms with Crippen LogP contribution < -0.4 is 10.6 Å². The van der Waals surface area contributed by atoms with Gasteiger partial charge in [0.05, 0.1) is 0 Å². The SMILES string of the molecule is CN=C(NCCc1nccn1Cc1ccccc1)NCCn1cccc1.I. The van der Waals surface area contributed by atoms with Crippen molar-refractivity contribution in [2.45, 2.75) is 19.5 Å². The van der Waals surface area contributed by atoms with Gasteiger partial charge in [0, 0.05) is 64.4 Å². The van der Waals surface area contributed by atoms with Gasteiger partial charge in [-0.15, -0.1) is 24.0 Å². The summed E-state index contributed by atoms with van der Waals surface area (Å²) in [5.41, 5.74) is 1.28. The topological polar surface area (TPSA) is 59.2 Å². The molecule has 2 heterocycles. The normalized spacial score (nSPS) is 11.1. The lowest BCUT2D eigenvalue weighted by molar-refractivity contribution is 0.658. The summed E-state index contributed by atoms with van der Waals surface area (Å²) in [6.45, 7) is 3.38. The lowest BCUT2D eigenvalue weighted by Gasteiger charge is -2.13. The molecule has 2 aromatic heterocycles. The number of guanidine groups is 1. The van der Waals surface area contributed by atoms with Crippen molar-refractivity contribution < 1.29 is 0 Å². The molecule has 0 saturated carbocycles. The van der Waals surface area contributed by atoms with Crippen LogP contribution in [0.3, 0.4) is 0 Å². The summed E-state index contributed by atoms with van der Waals surface area (Å²) < 4.78 is 4.33. The summed E-state index contributed by atoms with van der Waals surface area (Å²) in [7, 11) is 1.79. The zero-order chi connectivity index (χ0) is 18.0. The molecule has 0 unspecified atom stereocenters. The standard InChI is InChI=1S/C20H26N6.HI/c1-21-20(24-11-15-25-13-5-6-14-25)23-10-9-19-22-12-16-26(19)17-18-7-3-2-4-8-18;/h2-8,12-14,16H,9-11,15,17H2,1H3,(H2,21,23,24);1H. The van der Waals surface area contributed by atoms with E-state index in [0.717, 1.165) is 44.4 Å². The summed E-state index contributed by atoms with van der Waals surface area (Å²) in [5.74, 6) is 1.89. The zero-order valence-electron chi connectivity index (χ0n) is 15.6. The summed E-state index contributed by atoms with van der Waals surface area (Å²) in [6.07, 6.45) is 8.86. The van der Waals surface area contributed by atoms with Crippen LogP contribution in [0.4, 0.5) is 0 Å². The minimum atomic E-state index is 0. The van der Waals surface area contributed by atoms with Gasteiger partial charge >= 0.3 is 0 Å². The zero-order valence-corrected chi connectivity index (χ0v) is 17.9. The number of rotatable bonds is 8. The van der Waals surface area contributed by atoms with Crippen molar-refractivity contribution in [1.82, 2.24) is 24.8 Å². The van der Waals surface area contributed by atoms with E-state index in [-0.39, 0.29) is 24.0 Å². The molecule has 1 aromatic carbocycles. The maximum atomic E-state index is 4.49. The van der Waals surface area contributed by atoms with E-state index in [0.29, 0.717) is 0 Å². The first-order valence-corrected chi connectivity index (χ1v) is 8.94. The third-order valence-electron chi connectivity index (χ3n) is 4.19. The Morgan fingerprint density at radius 3 is 2.48 bits per heavy atom. The van der Waals surface area contributed by atoms with Crippen molar-refractivity contribution in [1.29, 1.82) is 0 Å². The molecule has 7 heteroatoms. The van der Waals surface area contributed by atoms with Gasteiger partial charge in [-0.2, -0.15) is 0 Å². The molecule has 0 fully saturated rings. The van der Waals surface area contributed by atoms with Gasteiger partial charge in [0.15, 0.2) is 5.96 Å². The molecule has 0 amide bonds. The Morgan fingerprint density at radius 1 is 1.00 bits per heavy atom. The second-order valence-corrected chi connectivity index (χ2v) is 6.05.